The first-order valence-corrected chi connectivity index (χ1v) is 10.9. The van der Waals surface area contributed by atoms with Gasteiger partial charge in [0.2, 0.25) is 11.8 Å². The van der Waals surface area contributed by atoms with E-state index < -0.39 is 0 Å². The zero-order valence-corrected chi connectivity index (χ0v) is 18.7. The predicted molar refractivity (Wildman–Crippen MR) is 123 cm³/mol. The van der Waals surface area contributed by atoms with Crippen LogP contribution in [0.3, 0.4) is 0 Å². The predicted octanol–water partition coefficient (Wildman–Crippen LogP) is 3.32. The van der Waals surface area contributed by atoms with Crippen molar-refractivity contribution in [3.63, 3.8) is 0 Å². The Morgan fingerprint density at radius 3 is 2.58 bits per heavy atom. The fraction of sp³-hybridized carbons (Fsp3) is 0.440. The monoisotopic (exact) mass is 423 g/mol. The van der Waals surface area contributed by atoms with Gasteiger partial charge in [-0.15, -0.1) is 0 Å². The first kappa shape index (κ1) is 22.8. The zero-order valence-electron chi connectivity index (χ0n) is 18.7. The highest BCUT2D eigenvalue weighted by Gasteiger charge is 2.25. The molecule has 31 heavy (non-hydrogen) atoms. The number of likely N-dealkylation sites (tertiary alicyclic amines) is 1. The van der Waals surface area contributed by atoms with Gasteiger partial charge in [0.1, 0.15) is 5.75 Å². The molecular formula is C25H33N3O3. The molecule has 1 saturated heterocycles. The molecule has 0 aliphatic carbocycles. The summed E-state index contributed by atoms with van der Waals surface area (Å²) in [6.45, 7) is 6.53. The zero-order chi connectivity index (χ0) is 22.2. The van der Waals surface area contributed by atoms with Crippen molar-refractivity contribution < 1.29 is 14.3 Å². The fourth-order valence-electron chi connectivity index (χ4n) is 4.00. The standard InChI is InChI=1S/C25H33N3O3/c1-18-7-8-23(19(2)15-18)27-24(29)17-28-13-10-21(11-14-28)25(30)26-12-9-20-5-4-6-22(16-20)31-3/h4-8,15-16,21H,9-14,17H2,1-3H3,(H,26,30)(H,27,29). The largest absolute Gasteiger partial charge is 0.497 e. The molecular weight excluding hydrogens is 390 g/mol. The lowest BCUT2D eigenvalue weighted by Crippen LogP contribution is -2.43. The summed E-state index contributed by atoms with van der Waals surface area (Å²) < 4.78 is 5.24. The molecule has 0 aromatic heterocycles. The van der Waals surface area contributed by atoms with Crippen molar-refractivity contribution in [2.24, 2.45) is 5.92 Å². The molecule has 166 valence electrons. The molecule has 6 heteroatoms. The minimum atomic E-state index is -0.00635. The highest BCUT2D eigenvalue weighted by Crippen LogP contribution is 2.19. The molecule has 3 rings (SSSR count). The third-order valence-corrected chi connectivity index (χ3v) is 5.83. The van der Waals surface area contributed by atoms with Crippen LogP contribution in [-0.4, -0.2) is 50.0 Å². The summed E-state index contributed by atoms with van der Waals surface area (Å²) in [5, 5.41) is 6.06. The molecule has 0 atom stereocenters. The maximum absolute atomic E-state index is 12.5. The molecule has 1 fully saturated rings. The van der Waals surface area contributed by atoms with Gasteiger partial charge in [0.05, 0.1) is 13.7 Å². The number of piperidine rings is 1. The SMILES string of the molecule is COc1cccc(CCNC(=O)C2CCN(CC(=O)Nc3ccc(C)cc3C)CC2)c1. The van der Waals surface area contributed by atoms with Crippen molar-refractivity contribution in [1.82, 2.24) is 10.2 Å². The van der Waals surface area contributed by atoms with Gasteiger partial charge in [0.25, 0.3) is 0 Å². The van der Waals surface area contributed by atoms with Crippen LogP contribution in [0.4, 0.5) is 5.69 Å². The first-order valence-electron chi connectivity index (χ1n) is 10.9. The Kier molecular flexibility index (Phi) is 8.06. The van der Waals surface area contributed by atoms with E-state index in [1.165, 1.54) is 5.56 Å². The first-order chi connectivity index (χ1) is 14.9. The number of ether oxygens (including phenoxy) is 1. The summed E-state index contributed by atoms with van der Waals surface area (Å²) in [6, 6.07) is 13.9. The number of amides is 2. The van der Waals surface area contributed by atoms with Crippen molar-refractivity contribution >= 4 is 17.5 Å². The number of nitrogens with zero attached hydrogens (tertiary/aromatic N) is 1. The van der Waals surface area contributed by atoms with Gasteiger partial charge >= 0.3 is 0 Å². The van der Waals surface area contributed by atoms with Crippen molar-refractivity contribution in [3.05, 3.63) is 59.2 Å². The number of benzene rings is 2. The number of anilines is 1. The van der Waals surface area contributed by atoms with Crippen LogP contribution in [0.2, 0.25) is 0 Å². The number of hydrogen-bond acceptors (Lipinski definition) is 4. The van der Waals surface area contributed by atoms with E-state index in [2.05, 4.69) is 21.6 Å². The van der Waals surface area contributed by atoms with E-state index in [4.69, 9.17) is 4.74 Å². The Morgan fingerprint density at radius 2 is 1.87 bits per heavy atom. The third kappa shape index (κ3) is 6.82. The Bertz CT molecular complexity index is 905. The molecule has 0 bridgehead atoms. The number of carbonyl (C=O) groups is 2. The lowest BCUT2D eigenvalue weighted by molar-refractivity contribution is -0.126. The van der Waals surface area contributed by atoms with Crippen LogP contribution < -0.4 is 15.4 Å². The molecule has 0 saturated carbocycles. The van der Waals surface area contributed by atoms with Gasteiger partial charge in [-0.3, -0.25) is 14.5 Å². The van der Waals surface area contributed by atoms with Crippen LogP contribution in [0.25, 0.3) is 0 Å². The molecule has 2 aromatic carbocycles. The average molecular weight is 424 g/mol. The lowest BCUT2D eigenvalue weighted by Gasteiger charge is -2.30. The van der Waals surface area contributed by atoms with Crippen molar-refractivity contribution in [2.75, 3.05) is 38.6 Å². The number of carbonyl (C=O) groups excluding carboxylic acids is 2. The molecule has 1 heterocycles. The van der Waals surface area contributed by atoms with Crippen LogP contribution in [-0.2, 0) is 16.0 Å². The molecule has 2 aromatic rings. The van der Waals surface area contributed by atoms with E-state index in [1.54, 1.807) is 7.11 Å². The fourth-order valence-corrected chi connectivity index (χ4v) is 4.00. The molecule has 1 aliphatic rings. The molecule has 2 amide bonds. The minimum Gasteiger partial charge on any atom is -0.497 e. The second-order valence-corrected chi connectivity index (χ2v) is 8.31. The van der Waals surface area contributed by atoms with Gasteiger partial charge in [-0.25, -0.2) is 0 Å². The van der Waals surface area contributed by atoms with Crippen LogP contribution in [0.5, 0.6) is 5.75 Å². The van der Waals surface area contributed by atoms with E-state index in [1.807, 2.05) is 50.2 Å². The number of aryl methyl sites for hydroxylation is 2. The molecule has 6 nitrogen and oxygen atoms in total. The maximum atomic E-state index is 12.5. The number of rotatable bonds is 8. The number of methoxy groups -OCH3 is 1. The molecule has 2 N–H and O–H groups in total. The van der Waals surface area contributed by atoms with Gasteiger partial charge in [-0.05, 0) is 75.5 Å². The van der Waals surface area contributed by atoms with Gasteiger partial charge in [0, 0.05) is 18.2 Å². The summed E-state index contributed by atoms with van der Waals surface area (Å²) in [5.74, 6) is 0.956. The summed E-state index contributed by atoms with van der Waals surface area (Å²) in [7, 11) is 1.65. The molecule has 0 radical (unpaired) electrons. The Hall–Kier alpha value is -2.86. The second-order valence-electron chi connectivity index (χ2n) is 8.31. The molecule has 0 spiro atoms. The van der Waals surface area contributed by atoms with Crippen LogP contribution in [0.1, 0.15) is 29.5 Å². The van der Waals surface area contributed by atoms with Gasteiger partial charge < -0.3 is 15.4 Å². The third-order valence-electron chi connectivity index (χ3n) is 5.83. The van der Waals surface area contributed by atoms with Gasteiger partial charge in [-0.2, -0.15) is 0 Å². The van der Waals surface area contributed by atoms with Crippen LogP contribution in [0, 0.1) is 19.8 Å². The summed E-state index contributed by atoms with van der Waals surface area (Å²) >= 11 is 0. The van der Waals surface area contributed by atoms with Crippen molar-refractivity contribution in [2.45, 2.75) is 33.1 Å². The Balaban J connectivity index is 1.37. The highest BCUT2D eigenvalue weighted by atomic mass is 16.5. The van der Waals surface area contributed by atoms with Crippen LogP contribution in [0.15, 0.2) is 42.5 Å². The number of hydrogen-bond donors (Lipinski definition) is 2. The average Bonchev–Trinajstić information content (AvgIpc) is 2.76. The lowest BCUT2D eigenvalue weighted by atomic mass is 9.96. The Labute approximate surface area is 185 Å². The summed E-state index contributed by atoms with van der Waals surface area (Å²) in [4.78, 5) is 27.1. The van der Waals surface area contributed by atoms with E-state index in [-0.39, 0.29) is 17.7 Å². The molecule has 1 aliphatic heterocycles. The van der Waals surface area contributed by atoms with Crippen molar-refractivity contribution in [3.8, 4) is 5.75 Å². The van der Waals surface area contributed by atoms with E-state index >= 15 is 0 Å². The summed E-state index contributed by atoms with van der Waals surface area (Å²) in [6.07, 6.45) is 2.34. The van der Waals surface area contributed by atoms with E-state index in [0.717, 1.165) is 54.9 Å². The van der Waals surface area contributed by atoms with E-state index in [0.29, 0.717) is 13.1 Å². The van der Waals surface area contributed by atoms with Crippen molar-refractivity contribution in [1.29, 1.82) is 0 Å². The Morgan fingerprint density at radius 1 is 1.10 bits per heavy atom. The topological polar surface area (TPSA) is 70.7 Å². The highest BCUT2D eigenvalue weighted by molar-refractivity contribution is 5.93. The van der Waals surface area contributed by atoms with Gasteiger partial charge in [-0.1, -0.05) is 29.8 Å². The quantitative estimate of drug-likeness (QED) is 0.683. The minimum absolute atomic E-state index is 0.00635. The van der Waals surface area contributed by atoms with Crippen LogP contribution >= 0.6 is 0 Å². The van der Waals surface area contributed by atoms with E-state index in [9.17, 15) is 9.59 Å². The normalized spacial score (nSPS) is 14.8. The maximum Gasteiger partial charge on any atom is 0.238 e. The number of nitrogens with one attached hydrogen (secondary N) is 2. The second kappa shape index (κ2) is 11.0. The summed E-state index contributed by atoms with van der Waals surface area (Å²) in [5.41, 5.74) is 4.25. The van der Waals surface area contributed by atoms with Gasteiger partial charge in [0.15, 0.2) is 0 Å². The smallest absolute Gasteiger partial charge is 0.238 e. The molecule has 0 unspecified atom stereocenters.